The lowest BCUT2D eigenvalue weighted by atomic mass is 10.1. The van der Waals surface area contributed by atoms with E-state index in [9.17, 15) is 9.59 Å². The molecule has 3 aliphatic rings. The summed E-state index contributed by atoms with van der Waals surface area (Å²) in [5.74, 6) is -0.0134. The van der Waals surface area contributed by atoms with Crippen molar-refractivity contribution in [3.8, 4) is 5.75 Å². The zero-order valence-electron chi connectivity index (χ0n) is 15.1. The van der Waals surface area contributed by atoms with E-state index in [1.807, 2.05) is 39.8 Å². The predicted octanol–water partition coefficient (Wildman–Crippen LogP) is 2.51. The van der Waals surface area contributed by atoms with Crippen LogP contribution in [0.2, 0.25) is 0 Å². The largest absolute Gasteiger partial charge is 0.483 e. The van der Waals surface area contributed by atoms with Gasteiger partial charge in [0, 0.05) is 25.4 Å². The minimum absolute atomic E-state index is 0.153. The van der Waals surface area contributed by atoms with Crippen molar-refractivity contribution in [1.29, 1.82) is 0 Å². The normalized spacial score (nSPS) is 22.7. The molecule has 1 aliphatic carbocycles. The zero-order valence-corrected chi connectivity index (χ0v) is 15.1. The molecule has 2 aromatic rings. The van der Waals surface area contributed by atoms with Crippen molar-refractivity contribution >= 4 is 5.91 Å². The smallest absolute Gasteiger partial charge is 0.276 e. The molecule has 1 amide bonds. The third kappa shape index (κ3) is 2.58. The second-order valence-corrected chi connectivity index (χ2v) is 7.53. The van der Waals surface area contributed by atoms with Gasteiger partial charge >= 0.3 is 0 Å². The number of nitrogens with zero attached hydrogens (tertiary/aromatic N) is 2. The Hall–Kier alpha value is -2.60. The molecule has 27 heavy (non-hydrogen) atoms. The van der Waals surface area contributed by atoms with Crippen LogP contribution in [-0.2, 0) is 16.9 Å². The van der Waals surface area contributed by atoms with Crippen LogP contribution in [0, 0.1) is 0 Å². The summed E-state index contributed by atoms with van der Waals surface area (Å²) in [7, 11) is 0. The Labute approximate surface area is 157 Å². The Bertz CT molecular complexity index is 933. The minimum atomic E-state index is -0.258. The quantitative estimate of drug-likeness (QED) is 0.837. The lowest BCUT2D eigenvalue weighted by molar-refractivity contribution is -0.0803. The number of rotatable bonds is 3. The maximum Gasteiger partial charge on any atom is 0.276 e. The van der Waals surface area contributed by atoms with Crippen LogP contribution in [0.25, 0.3) is 0 Å². The lowest BCUT2D eigenvalue weighted by Crippen LogP contribution is -2.56. The van der Waals surface area contributed by atoms with Crippen molar-refractivity contribution < 1.29 is 14.3 Å². The number of ether oxygens (including phenoxy) is 2. The fraction of sp³-hybridized carbons (Fsp3) is 0.429. The molecule has 1 aromatic heterocycles. The van der Waals surface area contributed by atoms with Crippen molar-refractivity contribution in [1.82, 2.24) is 9.47 Å². The number of pyridine rings is 1. The topological polar surface area (TPSA) is 60.8 Å². The molecule has 6 heteroatoms. The highest BCUT2D eigenvalue weighted by Crippen LogP contribution is 2.53. The number of hydrogen-bond acceptors (Lipinski definition) is 4. The summed E-state index contributed by atoms with van der Waals surface area (Å²) in [5.41, 5.74) is 0.819. The van der Waals surface area contributed by atoms with Crippen molar-refractivity contribution in [2.75, 3.05) is 13.2 Å². The van der Waals surface area contributed by atoms with E-state index >= 15 is 0 Å². The molecule has 2 fully saturated rings. The second-order valence-electron chi connectivity index (χ2n) is 7.53. The molecule has 1 saturated carbocycles. The van der Waals surface area contributed by atoms with Crippen LogP contribution in [0.15, 0.2) is 47.4 Å². The predicted molar refractivity (Wildman–Crippen MR) is 98.7 cm³/mol. The van der Waals surface area contributed by atoms with E-state index in [-0.39, 0.29) is 35.5 Å². The molecule has 0 bridgehead atoms. The number of hydrogen-bond donors (Lipinski definition) is 0. The van der Waals surface area contributed by atoms with Gasteiger partial charge in [-0.15, -0.1) is 0 Å². The van der Waals surface area contributed by atoms with E-state index in [2.05, 4.69) is 0 Å². The van der Waals surface area contributed by atoms with Gasteiger partial charge in [-0.25, -0.2) is 0 Å². The van der Waals surface area contributed by atoms with E-state index in [4.69, 9.17) is 9.47 Å². The first-order valence-corrected chi connectivity index (χ1v) is 9.56. The summed E-state index contributed by atoms with van der Waals surface area (Å²) < 4.78 is 13.9. The van der Waals surface area contributed by atoms with Gasteiger partial charge in [-0.3, -0.25) is 9.59 Å². The van der Waals surface area contributed by atoms with Crippen LogP contribution < -0.4 is 10.2 Å². The van der Waals surface area contributed by atoms with Crippen LogP contribution in [-0.4, -0.2) is 34.8 Å². The lowest BCUT2D eigenvalue weighted by Gasteiger charge is -2.42. The molecule has 0 radical (unpaired) electrons. The molecule has 1 saturated heterocycles. The molecule has 1 unspecified atom stereocenters. The summed E-state index contributed by atoms with van der Waals surface area (Å²) in [6.45, 7) is 1.59. The Morgan fingerprint density at radius 3 is 2.70 bits per heavy atom. The number of aromatic nitrogens is 1. The molecule has 0 N–H and O–H groups in total. The number of fused-ring (bicyclic) bond motifs is 4. The van der Waals surface area contributed by atoms with Gasteiger partial charge in [-0.1, -0.05) is 30.3 Å². The summed E-state index contributed by atoms with van der Waals surface area (Å²) in [5, 5.41) is 0. The van der Waals surface area contributed by atoms with E-state index in [0.717, 1.165) is 31.2 Å². The SMILES string of the molecule is O=C1c2c(OCc3ccccc3)c(=O)ccn2C2(CC2)C2OCCCCN12. The van der Waals surface area contributed by atoms with E-state index in [1.165, 1.54) is 6.07 Å². The summed E-state index contributed by atoms with van der Waals surface area (Å²) in [4.78, 5) is 27.7. The minimum Gasteiger partial charge on any atom is -0.483 e. The van der Waals surface area contributed by atoms with Gasteiger partial charge in [0.15, 0.2) is 17.7 Å². The number of carbonyl (C=O) groups excluding carboxylic acids is 1. The third-order valence-corrected chi connectivity index (χ3v) is 5.80. The molecule has 1 atom stereocenters. The van der Waals surface area contributed by atoms with E-state index in [0.29, 0.717) is 18.8 Å². The molecule has 140 valence electrons. The standard InChI is InChI=1S/C21H22N2O4/c24-16-8-12-23-17(18(16)27-14-15-6-2-1-3-7-15)19(25)22-11-4-5-13-26-20(22)21(23)9-10-21/h1-3,6-8,12,20H,4-5,9-11,13-14H2. The van der Waals surface area contributed by atoms with Gasteiger partial charge in [0.25, 0.3) is 5.91 Å². The highest BCUT2D eigenvalue weighted by Gasteiger charge is 2.60. The van der Waals surface area contributed by atoms with Crippen molar-refractivity contribution in [2.45, 2.75) is 44.1 Å². The van der Waals surface area contributed by atoms with Crippen LogP contribution in [0.1, 0.15) is 41.7 Å². The number of benzene rings is 1. The molecular weight excluding hydrogens is 344 g/mol. The number of amides is 1. The molecule has 5 rings (SSSR count). The van der Waals surface area contributed by atoms with Crippen LogP contribution in [0.3, 0.4) is 0 Å². The van der Waals surface area contributed by atoms with Crippen molar-refractivity contribution in [3.63, 3.8) is 0 Å². The summed E-state index contributed by atoms with van der Waals surface area (Å²) in [6.07, 6.45) is 5.23. The van der Waals surface area contributed by atoms with Crippen LogP contribution >= 0.6 is 0 Å². The van der Waals surface area contributed by atoms with Gasteiger partial charge in [0.2, 0.25) is 5.43 Å². The van der Waals surface area contributed by atoms with Gasteiger partial charge in [0.05, 0.1) is 5.54 Å². The van der Waals surface area contributed by atoms with Crippen molar-refractivity contribution in [3.05, 3.63) is 64.1 Å². The maximum atomic E-state index is 13.3. The van der Waals surface area contributed by atoms with E-state index < -0.39 is 0 Å². The van der Waals surface area contributed by atoms with Crippen molar-refractivity contribution in [2.24, 2.45) is 0 Å². The molecule has 3 heterocycles. The monoisotopic (exact) mass is 366 g/mol. The van der Waals surface area contributed by atoms with Gasteiger partial charge in [0.1, 0.15) is 6.61 Å². The fourth-order valence-electron chi connectivity index (χ4n) is 4.27. The molecule has 1 aromatic carbocycles. The van der Waals surface area contributed by atoms with Gasteiger partial charge in [-0.2, -0.15) is 0 Å². The maximum absolute atomic E-state index is 13.3. The second kappa shape index (κ2) is 6.23. The Morgan fingerprint density at radius 1 is 1.11 bits per heavy atom. The molecular formula is C21H22N2O4. The van der Waals surface area contributed by atoms with Crippen LogP contribution in [0.4, 0.5) is 0 Å². The first-order chi connectivity index (χ1) is 13.2. The zero-order chi connectivity index (χ0) is 18.4. The van der Waals surface area contributed by atoms with Crippen LogP contribution in [0.5, 0.6) is 5.75 Å². The van der Waals surface area contributed by atoms with Gasteiger partial charge in [-0.05, 0) is 31.2 Å². The first kappa shape index (κ1) is 16.6. The first-order valence-electron chi connectivity index (χ1n) is 9.56. The third-order valence-electron chi connectivity index (χ3n) is 5.80. The Morgan fingerprint density at radius 2 is 1.93 bits per heavy atom. The van der Waals surface area contributed by atoms with E-state index in [1.54, 1.807) is 6.20 Å². The Kier molecular flexibility index (Phi) is 3.82. The average molecular weight is 366 g/mol. The molecule has 2 aliphatic heterocycles. The highest BCUT2D eigenvalue weighted by atomic mass is 16.5. The molecule has 6 nitrogen and oxygen atoms in total. The Balaban J connectivity index is 1.57. The van der Waals surface area contributed by atoms with Gasteiger partial charge < -0.3 is 18.9 Å². The fourth-order valence-corrected chi connectivity index (χ4v) is 4.27. The average Bonchev–Trinajstić information content (AvgIpc) is 3.50. The summed E-state index contributed by atoms with van der Waals surface area (Å²) >= 11 is 0. The highest BCUT2D eigenvalue weighted by molar-refractivity contribution is 5.96. The molecule has 1 spiro atoms. The number of carbonyl (C=O) groups is 1. The summed E-state index contributed by atoms with van der Waals surface area (Å²) in [6, 6.07) is 11.2.